The smallest absolute Gasteiger partial charge is 0.268 e. The lowest BCUT2D eigenvalue weighted by atomic mass is 10.1. The lowest BCUT2D eigenvalue weighted by Crippen LogP contribution is -2.31. The van der Waals surface area contributed by atoms with Gasteiger partial charge in [-0.15, -0.1) is 11.3 Å². The summed E-state index contributed by atoms with van der Waals surface area (Å²) in [4.78, 5) is 21.3. The van der Waals surface area contributed by atoms with Crippen molar-refractivity contribution in [1.82, 2.24) is 25.5 Å². The highest BCUT2D eigenvalue weighted by Crippen LogP contribution is 2.31. The molecular weight excluding hydrogens is 465 g/mol. The van der Waals surface area contributed by atoms with Crippen molar-refractivity contribution in [3.63, 3.8) is 0 Å². The quantitative estimate of drug-likeness (QED) is 0.275. The topological polar surface area (TPSA) is 107 Å². The summed E-state index contributed by atoms with van der Waals surface area (Å²) in [5.74, 6) is -0.997. The minimum Gasteiger partial charge on any atom is -0.394 e. The number of aliphatic hydroxyl groups is 1. The molecule has 0 unspecified atom stereocenters. The molecule has 166 valence electrons. The summed E-state index contributed by atoms with van der Waals surface area (Å²) in [6.07, 6.45) is 3.48. The third-order valence-electron chi connectivity index (χ3n) is 5.27. The van der Waals surface area contributed by atoms with Crippen LogP contribution in [-0.2, 0) is 0 Å². The van der Waals surface area contributed by atoms with Gasteiger partial charge in [-0.05, 0) is 41.3 Å². The van der Waals surface area contributed by atoms with Crippen molar-refractivity contribution in [2.75, 3.05) is 6.61 Å². The predicted octanol–water partition coefficient (Wildman–Crippen LogP) is 4.94. The lowest BCUT2D eigenvalue weighted by molar-refractivity contribution is 0.0911. The van der Waals surface area contributed by atoms with Crippen molar-refractivity contribution in [3.8, 4) is 21.7 Å². The van der Waals surface area contributed by atoms with Gasteiger partial charge in [0, 0.05) is 33.8 Å². The van der Waals surface area contributed by atoms with Crippen molar-refractivity contribution in [1.29, 1.82) is 0 Å². The average Bonchev–Trinajstić information content (AvgIpc) is 3.59. The first-order valence-corrected chi connectivity index (χ1v) is 11.2. The van der Waals surface area contributed by atoms with Gasteiger partial charge >= 0.3 is 0 Å². The molecule has 4 N–H and O–H groups in total. The van der Waals surface area contributed by atoms with E-state index in [-0.39, 0.29) is 11.6 Å². The van der Waals surface area contributed by atoms with Crippen LogP contribution in [-0.4, -0.2) is 37.8 Å². The third-order valence-corrected chi connectivity index (χ3v) is 6.47. The summed E-state index contributed by atoms with van der Waals surface area (Å²) in [6.45, 7) is -0.371. The van der Waals surface area contributed by atoms with Crippen LogP contribution in [0.5, 0.6) is 0 Å². The van der Waals surface area contributed by atoms with Crippen molar-refractivity contribution in [2.45, 2.75) is 6.04 Å². The molecule has 4 aromatic heterocycles. The zero-order valence-electron chi connectivity index (χ0n) is 17.0. The highest BCUT2D eigenvalue weighted by Gasteiger charge is 2.19. The van der Waals surface area contributed by atoms with Gasteiger partial charge in [-0.2, -0.15) is 5.10 Å². The first-order valence-electron chi connectivity index (χ1n) is 9.97. The molecule has 5 rings (SSSR count). The predicted molar refractivity (Wildman–Crippen MR) is 126 cm³/mol. The van der Waals surface area contributed by atoms with E-state index in [2.05, 4.69) is 25.5 Å². The number of halogens is 2. The first-order chi connectivity index (χ1) is 16.0. The number of H-pyrrole nitrogens is 2. The van der Waals surface area contributed by atoms with Gasteiger partial charge in [0.05, 0.1) is 23.4 Å². The molecule has 1 atom stereocenters. The Bertz CT molecular complexity index is 1450. The third kappa shape index (κ3) is 4.13. The molecule has 0 spiro atoms. The van der Waals surface area contributed by atoms with E-state index in [1.165, 1.54) is 18.2 Å². The van der Waals surface area contributed by atoms with E-state index in [1.807, 2.05) is 23.6 Å². The van der Waals surface area contributed by atoms with Crippen LogP contribution < -0.4 is 5.32 Å². The standard InChI is InChI=1S/C23H17ClFN5O2S/c24-16-7-12(3-4-17(16)25)19(11-31)28-23(32)18-8-14(10-26-18)21-15-6-13(20-2-1-5-33-20)9-27-22(15)30-29-21/h1-10,19,26,31H,11H2,(H,28,32)(H,27,29,30)/t19-/m1/s1. The molecular formula is C23H17ClFN5O2S. The zero-order chi connectivity index (χ0) is 22.9. The molecule has 0 radical (unpaired) electrons. The normalized spacial score (nSPS) is 12.2. The number of benzene rings is 1. The van der Waals surface area contributed by atoms with Crippen LogP contribution in [0.2, 0.25) is 5.02 Å². The number of nitrogens with zero attached hydrogens (tertiary/aromatic N) is 2. The number of rotatable bonds is 6. The minimum atomic E-state index is -0.743. The molecule has 0 fully saturated rings. The second-order valence-electron chi connectivity index (χ2n) is 7.36. The number of carbonyl (C=O) groups is 1. The molecule has 4 heterocycles. The second kappa shape index (κ2) is 8.78. The van der Waals surface area contributed by atoms with Crippen molar-refractivity contribution in [3.05, 3.63) is 82.3 Å². The Morgan fingerprint density at radius 2 is 2.12 bits per heavy atom. The number of amides is 1. The van der Waals surface area contributed by atoms with E-state index in [1.54, 1.807) is 29.8 Å². The number of carbonyl (C=O) groups excluding carboxylic acids is 1. The Morgan fingerprint density at radius 3 is 2.88 bits per heavy atom. The lowest BCUT2D eigenvalue weighted by Gasteiger charge is -2.16. The monoisotopic (exact) mass is 481 g/mol. The Hall–Kier alpha value is -3.53. The van der Waals surface area contributed by atoms with E-state index >= 15 is 0 Å². The fourth-order valence-electron chi connectivity index (χ4n) is 3.57. The number of nitrogens with one attached hydrogen (secondary N) is 3. The fourth-order valence-corrected chi connectivity index (χ4v) is 4.46. The Balaban J connectivity index is 1.40. The van der Waals surface area contributed by atoms with Crippen LogP contribution in [0.4, 0.5) is 4.39 Å². The average molecular weight is 482 g/mol. The van der Waals surface area contributed by atoms with E-state index in [0.29, 0.717) is 16.9 Å². The summed E-state index contributed by atoms with van der Waals surface area (Å²) in [7, 11) is 0. The number of fused-ring (bicyclic) bond motifs is 1. The van der Waals surface area contributed by atoms with E-state index < -0.39 is 17.8 Å². The van der Waals surface area contributed by atoms with Gasteiger partial charge in [-0.25, -0.2) is 9.37 Å². The highest BCUT2D eigenvalue weighted by molar-refractivity contribution is 7.13. The molecule has 0 aliphatic carbocycles. The number of aromatic nitrogens is 4. The number of thiophene rings is 1. The number of hydrogen-bond acceptors (Lipinski definition) is 5. The van der Waals surface area contributed by atoms with Crippen molar-refractivity contribution >= 4 is 39.9 Å². The minimum absolute atomic E-state index is 0.0796. The molecule has 0 aliphatic rings. The maximum absolute atomic E-state index is 13.4. The first kappa shape index (κ1) is 21.3. The second-order valence-corrected chi connectivity index (χ2v) is 8.71. The number of pyridine rings is 1. The Labute approximate surface area is 196 Å². The molecule has 0 saturated heterocycles. The van der Waals surface area contributed by atoms with Crippen LogP contribution in [0, 0.1) is 5.82 Å². The maximum atomic E-state index is 13.4. The molecule has 5 aromatic rings. The molecule has 33 heavy (non-hydrogen) atoms. The summed E-state index contributed by atoms with van der Waals surface area (Å²) in [5.41, 5.74) is 3.81. The summed E-state index contributed by atoms with van der Waals surface area (Å²) >= 11 is 7.46. The largest absolute Gasteiger partial charge is 0.394 e. The van der Waals surface area contributed by atoms with Crippen LogP contribution in [0.25, 0.3) is 32.7 Å². The number of aromatic amines is 2. The maximum Gasteiger partial charge on any atom is 0.268 e. The van der Waals surface area contributed by atoms with Crippen molar-refractivity contribution in [2.24, 2.45) is 0 Å². The van der Waals surface area contributed by atoms with E-state index in [0.717, 1.165) is 27.1 Å². The molecule has 0 saturated carbocycles. The molecule has 1 aromatic carbocycles. The van der Waals surface area contributed by atoms with Gasteiger partial charge in [0.1, 0.15) is 11.5 Å². The van der Waals surface area contributed by atoms with Gasteiger partial charge in [-0.1, -0.05) is 23.7 Å². The van der Waals surface area contributed by atoms with Crippen LogP contribution in [0.3, 0.4) is 0 Å². The van der Waals surface area contributed by atoms with Gasteiger partial charge in [0.15, 0.2) is 5.65 Å². The molecule has 0 bridgehead atoms. The van der Waals surface area contributed by atoms with Gasteiger partial charge in [0.25, 0.3) is 5.91 Å². The zero-order valence-corrected chi connectivity index (χ0v) is 18.5. The molecule has 1 amide bonds. The van der Waals surface area contributed by atoms with Gasteiger partial charge in [0.2, 0.25) is 0 Å². The molecule has 10 heteroatoms. The van der Waals surface area contributed by atoms with Crippen molar-refractivity contribution < 1.29 is 14.3 Å². The fraction of sp³-hybridized carbons (Fsp3) is 0.0870. The Kier molecular flexibility index (Phi) is 5.67. The number of hydrogen-bond donors (Lipinski definition) is 4. The summed E-state index contributed by atoms with van der Waals surface area (Å²) < 4.78 is 13.4. The van der Waals surface area contributed by atoms with Crippen LogP contribution in [0.15, 0.2) is 60.2 Å². The van der Waals surface area contributed by atoms with Crippen LogP contribution in [0.1, 0.15) is 22.1 Å². The number of aliphatic hydroxyl groups excluding tert-OH is 1. The highest BCUT2D eigenvalue weighted by atomic mass is 35.5. The van der Waals surface area contributed by atoms with Gasteiger partial charge in [-0.3, -0.25) is 9.89 Å². The molecule has 7 nitrogen and oxygen atoms in total. The molecule has 0 aliphatic heterocycles. The summed E-state index contributed by atoms with van der Waals surface area (Å²) in [5, 5.41) is 22.5. The van der Waals surface area contributed by atoms with Gasteiger partial charge < -0.3 is 15.4 Å². The van der Waals surface area contributed by atoms with E-state index in [9.17, 15) is 14.3 Å². The van der Waals surface area contributed by atoms with E-state index in [4.69, 9.17) is 11.6 Å². The van der Waals surface area contributed by atoms with Crippen LogP contribution >= 0.6 is 22.9 Å². The summed E-state index contributed by atoms with van der Waals surface area (Å²) in [6, 6.07) is 11.0. The SMILES string of the molecule is O=C(N[C@H](CO)c1ccc(F)c(Cl)c1)c1cc(-c2[nH]nc3ncc(-c4cccs4)cc23)c[nH]1. The Morgan fingerprint density at radius 1 is 1.24 bits per heavy atom.